The van der Waals surface area contributed by atoms with E-state index >= 15 is 0 Å². The Bertz CT molecular complexity index is 1410. The lowest BCUT2D eigenvalue weighted by atomic mass is 10.2. The first-order valence-electron chi connectivity index (χ1n) is 10.8. The summed E-state index contributed by atoms with van der Waals surface area (Å²) in [5, 5.41) is 4.22. The molecule has 33 heavy (non-hydrogen) atoms. The molecule has 0 bridgehead atoms. The molecule has 1 aliphatic carbocycles. The zero-order valence-corrected chi connectivity index (χ0v) is 18.2. The van der Waals surface area contributed by atoms with Crippen molar-refractivity contribution >= 4 is 22.8 Å². The lowest BCUT2D eigenvalue weighted by molar-refractivity contribution is 0.0738. The number of carbonyl (C=O) groups excluding carboxylic acids is 1. The molecule has 0 radical (unpaired) electrons. The average molecular weight is 444 g/mol. The summed E-state index contributed by atoms with van der Waals surface area (Å²) in [6.45, 7) is 4.67. The van der Waals surface area contributed by atoms with E-state index in [1.807, 2.05) is 13.0 Å². The predicted octanol–water partition coefficient (Wildman–Crippen LogP) is 4.25. The van der Waals surface area contributed by atoms with Gasteiger partial charge in [0.05, 0.1) is 17.6 Å². The number of carbonyl (C=O) groups is 1. The number of hydrogen-bond donors (Lipinski definition) is 1. The summed E-state index contributed by atoms with van der Waals surface area (Å²) in [5.74, 6) is 1.31. The third kappa shape index (κ3) is 3.59. The molecule has 1 aromatic carbocycles. The maximum absolute atomic E-state index is 13.3. The molecular formula is C24H21FN6O2. The van der Waals surface area contributed by atoms with E-state index in [0.29, 0.717) is 36.2 Å². The molecular weight excluding hydrogens is 423 g/mol. The van der Waals surface area contributed by atoms with Gasteiger partial charge in [0.15, 0.2) is 5.82 Å². The molecule has 1 N–H and O–H groups in total. The number of furan rings is 1. The Kier molecular flexibility index (Phi) is 4.23. The number of nitrogens with zero attached hydrogens (tertiary/aromatic N) is 5. The molecule has 4 aromatic rings. The largest absolute Gasteiger partial charge is 0.443 e. The van der Waals surface area contributed by atoms with E-state index in [4.69, 9.17) is 4.42 Å². The first kappa shape index (κ1) is 19.8. The van der Waals surface area contributed by atoms with E-state index in [2.05, 4.69) is 32.2 Å². The van der Waals surface area contributed by atoms with Crippen molar-refractivity contribution in [2.75, 3.05) is 5.32 Å². The summed E-state index contributed by atoms with van der Waals surface area (Å²) < 4.78 is 19.0. The summed E-state index contributed by atoms with van der Waals surface area (Å²) in [5.41, 5.74) is 2.73. The number of anilines is 1. The minimum atomic E-state index is -0.315. The minimum absolute atomic E-state index is 0.0109. The first-order valence-corrected chi connectivity index (χ1v) is 10.8. The summed E-state index contributed by atoms with van der Waals surface area (Å²) in [6, 6.07) is 7.91. The van der Waals surface area contributed by atoms with E-state index in [1.54, 1.807) is 23.2 Å². The van der Waals surface area contributed by atoms with Gasteiger partial charge in [-0.25, -0.2) is 19.3 Å². The zero-order chi connectivity index (χ0) is 22.7. The Morgan fingerprint density at radius 3 is 2.70 bits per heavy atom. The average Bonchev–Trinajstić information content (AvgIpc) is 3.20. The molecule has 1 amide bonds. The molecule has 0 atom stereocenters. The molecule has 4 heterocycles. The molecule has 6 rings (SSSR count). The standard InChI is InChI=1S/C24H21FN6O2/c1-13-9-17-20(30-24(2)7-8-24)28-21(29-22(17)33-13)23(32)31-11-15-10-26-19(27-18(15)12-31)14-3-5-16(25)6-4-14/h3-6,9-10H,7-8,11-12H2,1-2H3,(H,28,29,30). The third-order valence-corrected chi connectivity index (χ3v) is 6.17. The van der Waals surface area contributed by atoms with Gasteiger partial charge in [-0.05, 0) is 57.0 Å². The fourth-order valence-corrected chi connectivity index (χ4v) is 4.01. The molecule has 1 fully saturated rings. The monoisotopic (exact) mass is 444 g/mol. The Balaban J connectivity index is 1.29. The van der Waals surface area contributed by atoms with Crippen LogP contribution in [0.15, 0.2) is 40.9 Å². The van der Waals surface area contributed by atoms with E-state index in [-0.39, 0.29) is 23.1 Å². The Hall–Kier alpha value is -3.88. The number of halogens is 1. The van der Waals surface area contributed by atoms with Gasteiger partial charge in [0.1, 0.15) is 17.4 Å². The quantitative estimate of drug-likeness (QED) is 0.503. The van der Waals surface area contributed by atoms with E-state index in [0.717, 1.165) is 35.0 Å². The maximum atomic E-state index is 13.3. The number of fused-ring (bicyclic) bond motifs is 2. The van der Waals surface area contributed by atoms with Crippen LogP contribution in [0.1, 0.15) is 47.4 Å². The molecule has 0 spiro atoms. The summed E-state index contributed by atoms with van der Waals surface area (Å²) in [4.78, 5) is 33.0. The Labute approximate surface area is 188 Å². The highest BCUT2D eigenvalue weighted by molar-refractivity contribution is 5.95. The van der Waals surface area contributed by atoms with Crippen molar-refractivity contribution < 1.29 is 13.6 Å². The normalized spacial score (nSPS) is 16.2. The second-order valence-corrected chi connectivity index (χ2v) is 8.99. The third-order valence-electron chi connectivity index (χ3n) is 6.17. The van der Waals surface area contributed by atoms with Crippen LogP contribution >= 0.6 is 0 Å². The van der Waals surface area contributed by atoms with Gasteiger partial charge in [0.2, 0.25) is 11.5 Å². The van der Waals surface area contributed by atoms with Gasteiger partial charge in [-0.2, -0.15) is 4.98 Å². The van der Waals surface area contributed by atoms with E-state index in [1.165, 1.54) is 12.1 Å². The fourth-order valence-electron chi connectivity index (χ4n) is 4.01. The van der Waals surface area contributed by atoms with Gasteiger partial charge >= 0.3 is 0 Å². The van der Waals surface area contributed by atoms with Crippen molar-refractivity contribution in [1.29, 1.82) is 0 Å². The highest BCUT2D eigenvalue weighted by Gasteiger charge is 2.38. The van der Waals surface area contributed by atoms with Gasteiger partial charge < -0.3 is 14.6 Å². The van der Waals surface area contributed by atoms with Crippen LogP contribution in [0.3, 0.4) is 0 Å². The molecule has 1 saturated carbocycles. The Morgan fingerprint density at radius 1 is 1.15 bits per heavy atom. The van der Waals surface area contributed by atoms with Crippen molar-refractivity contribution in [1.82, 2.24) is 24.8 Å². The highest BCUT2D eigenvalue weighted by Crippen LogP contribution is 2.39. The van der Waals surface area contributed by atoms with Crippen LogP contribution in [-0.2, 0) is 13.1 Å². The highest BCUT2D eigenvalue weighted by atomic mass is 19.1. The Morgan fingerprint density at radius 2 is 1.94 bits per heavy atom. The SMILES string of the molecule is Cc1cc2c(NC3(C)CC3)nc(C(=O)N3Cc4cnc(-c5ccc(F)cc5)nc4C3)nc2o1. The van der Waals surface area contributed by atoms with Crippen LogP contribution in [-0.4, -0.2) is 36.3 Å². The van der Waals surface area contributed by atoms with E-state index < -0.39 is 0 Å². The fraction of sp³-hybridized carbons (Fsp3) is 0.292. The first-order chi connectivity index (χ1) is 15.9. The molecule has 166 valence electrons. The van der Waals surface area contributed by atoms with Gasteiger partial charge in [-0.15, -0.1) is 0 Å². The zero-order valence-electron chi connectivity index (χ0n) is 18.2. The molecule has 1 aliphatic heterocycles. The smallest absolute Gasteiger partial charge is 0.292 e. The van der Waals surface area contributed by atoms with Gasteiger partial charge in [0.25, 0.3) is 5.91 Å². The van der Waals surface area contributed by atoms with Crippen LogP contribution in [0.5, 0.6) is 0 Å². The number of aromatic nitrogens is 4. The second-order valence-electron chi connectivity index (χ2n) is 8.99. The van der Waals surface area contributed by atoms with Crippen molar-refractivity contribution in [3.05, 3.63) is 65.2 Å². The van der Waals surface area contributed by atoms with Crippen LogP contribution < -0.4 is 5.32 Å². The molecule has 0 unspecified atom stereocenters. The summed E-state index contributed by atoms with van der Waals surface area (Å²) in [6.07, 6.45) is 3.82. The summed E-state index contributed by atoms with van der Waals surface area (Å²) in [7, 11) is 0. The molecule has 8 nitrogen and oxygen atoms in total. The lowest BCUT2D eigenvalue weighted by Crippen LogP contribution is -2.28. The maximum Gasteiger partial charge on any atom is 0.292 e. The van der Waals surface area contributed by atoms with Gasteiger partial charge in [-0.3, -0.25) is 4.79 Å². The molecule has 9 heteroatoms. The van der Waals surface area contributed by atoms with Crippen LogP contribution in [0, 0.1) is 12.7 Å². The van der Waals surface area contributed by atoms with Crippen molar-refractivity contribution in [3.63, 3.8) is 0 Å². The van der Waals surface area contributed by atoms with Gasteiger partial charge in [-0.1, -0.05) is 0 Å². The topological polar surface area (TPSA) is 97.0 Å². The van der Waals surface area contributed by atoms with Crippen LogP contribution in [0.2, 0.25) is 0 Å². The number of rotatable bonds is 4. The number of amides is 1. The van der Waals surface area contributed by atoms with Gasteiger partial charge in [0, 0.05) is 29.4 Å². The lowest BCUT2D eigenvalue weighted by Gasteiger charge is -2.16. The van der Waals surface area contributed by atoms with Crippen LogP contribution in [0.4, 0.5) is 10.2 Å². The van der Waals surface area contributed by atoms with Crippen molar-refractivity contribution in [2.45, 2.75) is 45.3 Å². The number of nitrogens with one attached hydrogen (secondary N) is 1. The summed E-state index contributed by atoms with van der Waals surface area (Å²) >= 11 is 0. The molecule has 3 aromatic heterocycles. The molecule has 2 aliphatic rings. The molecule has 0 saturated heterocycles. The van der Waals surface area contributed by atoms with E-state index in [9.17, 15) is 9.18 Å². The second kappa shape index (κ2) is 7.06. The number of hydrogen-bond acceptors (Lipinski definition) is 7. The predicted molar refractivity (Wildman–Crippen MR) is 119 cm³/mol. The van der Waals surface area contributed by atoms with Crippen molar-refractivity contribution in [2.24, 2.45) is 0 Å². The van der Waals surface area contributed by atoms with Crippen molar-refractivity contribution in [3.8, 4) is 11.4 Å². The minimum Gasteiger partial charge on any atom is -0.443 e. The number of benzene rings is 1. The van der Waals surface area contributed by atoms with Crippen LogP contribution in [0.25, 0.3) is 22.5 Å². The number of aryl methyl sites for hydroxylation is 1.